The molecule has 1 aliphatic rings. The van der Waals surface area contributed by atoms with Crippen LogP contribution in [-0.4, -0.2) is 37.1 Å². The number of unbranched alkanes of at least 4 members (excludes halogenated alkanes) is 2. The van der Waals surface area contributed by atoms with Crippen LogP contribution in [0.5, 0.6) is 0 Å². The van der Waals surface area contributed by atoms with E-state index >= 15 is 0 Å². The number of ether oxygens (including phenoxy) is 1. The highest BCUT2D eigenvalue weighted by Crippen LogP contribution is 2.49. The Morgan fingerprint density at radius 3 is 2.17 bits per heavy atom. The Morgan fingerprint density at radius 1 is 1.04 bits per heavy atom. The van der Waals surface area contributed by atoms with Crippen molar-refractivity contribution in [3.63, 3.8) is 0 Å². The minimum absolute atomic E-state index is 0.0327. The Bertz CT molecular complexity index is 460. The van der Waals surface area contributed by atoms with E-state index in [-0.39, 0.29) is 11.4 Å². The Kier molecular flexibility index (Phi) is 7.10. The number of nitrogens with zero attached hydrogens (tertiary/aromatic N) is 1. The molecule has 0 spiro atoms. The van der Waals surface area contributed by atoms with Gasteiger partial charge in [-0.1, -0.05) is 57.0 Å². The van der Waals surface area contributed by atoms with E-state index in [4.69, 9.17) is 4.74 Å². The van der Waals surface area contributed by atoms with Crippen LogP contribution in [0.4, 0.5) is 0 Å². The van der Waals surface area contributed by atoms with E-state index in [1.807, 2.05) is 30.3 Å². The summed E-state index contributed by atoms with van der Waals surface area (Å²) in [4.78, 5) is 14.9. The molecule has 0 heterocycles. The van der Waals surface area contributed by atoms with Gasteiger partial charge in [-0.05, 0) is 44.3 Å². The quantitative estimate of drug-likeness (QED) is 0.574. The van der Waals surface area contributed by atoms with Crippen molar-refractivity contribution in [1.82, 2.24) is 4.90 Å². The minimum atomic E-state index is -0.348. The smallest absolute Gasteiger partial charge is 0.316 e. The van der Waals surface area contributed by atoms with E-state index in [1.165, 1.54) is 25.7 Å². The molecule has 0 amide bonds. The molecular formula is C20H31NO2. The fraction of sp³-hybridized carbons (Fsp3) is 0.650. The zero-order valence-corrected chi connectivity index (χ0v) is 14.7. The second kappa shape index (κ2) is 9.07. The first-order valence-corrected chi connectivity index (χ1v) is 9.18. The summed E-state index contributed by atoms with van der Waals surface area (Å²) in [6.07, 6.45) is 6.69. The Labute approximate surface area is 141 Å². The fourth-order valence-corrected chi connectivity index (χ4v) is 3.00. The maximum atomic E-state index is 12.5. The van der Waals surface area contributed by atoms with Gasteiger partial charge in [0.15, 0.2) is 0 Å². The molecule has 1 saturated carbocycles. The number of carbonyl (C=O) groups excluding carboxylic acids is 1. The maximum Gasteiger partial charge on any atom is 0.316 e. The standard InChI is InChI=1S/C20H31NO2/c1-3-5-14-21(15-6-4-2)16-17-23-19(22)20(12-13-20)18-10-8-7-9-11-18/h7-11H,3-6,12-17H2,1-2H3. The van der Waals surface area contributed by atoms with Gasteiger partial charge in [-0.25, -0.2) is 0 Å². The van der Waals surface area contributed by atoms with Gasteiger partial charge in [0.1, 0.15) is 6.61 Å². The lowest BCUT2D eigenvalue weighted by Gasteiger charge is -2.22. The lowest BCUT2D eigenvalue weighted by Crippen LogP contribution is -2.32. The van der Waals surface area contributed by atoms with Crippen molar-refractivity contribution in [2.75, 3.05) is 26.2 Å². The number of carbonyl (C=O) groups is 1. The van der Waals surface area contributed by atoms with Crippen molar-refractivity contribution >= 4 is 5.97 Å². The predicted molar refractivity (Wildman–Crippen MR) is 94.6 cm³/mol. The van der Waals surface area contributed by atoms with Gasteiger partial charge in [0, 0.05) is 6.54 Å². The van der Waals surface area contributed by atoms with Crippen molar-refractivity contribution in [1.29, 1.82) is 0 Å². The molecule has 0 aromatic heterocycles. The van der Waals surface area contributed by atoms with Crippen LogP contribution in [0.25, 0.3) is 0 Å². The average molecular weight is 317 g/mol. The summed E-state index contributed by atoms with van der Waals surface area (Å²) in [5.41, 5.74) is 0.762. The van der Waals surface area contributed by atoms with E-state index in [9.17, 15) is 4.79 Å². The average Bonchev–Trinajstić information content (AvgIpc) is 3.39. The van der Waals surface area contributed by atoms with Crippen molar-refractivity contribution in [3.05, 3.63) is 35.9 Å². The van der Waals surface area contributed by atoms with E-state index in [1.54, 1.807) is 0 Å². The van der Waals surface area contributed by atoms with Crippen molar-refractivity contribution in [3.8, 4) is 0 Å². The number of hydrogen-bond acceptors (Lipinski definition) is 3. The maximum absolute atomic E-state index is 12.5. The molecule has 3 heteroatoms. The van der Waals surface area contributed by atoms with Crippen LogP contribution in [-0.2, 0) is 14.9 Å². The molecule has 0 atom stereocenters. The van der Waals surface area contributed by atoms with Crippen molar-refractivity contribution < 1.29 is 9.53 Å². The molecule has 23 heavy (non-hydrogen) atoms. The summed E-state index contributed by atoms with van der Waals surface area (Å²) in [6.45, 7) is 8.02. The SMILES string of the molecule is CCCCN(CCCC)CCOC(=O)C1(c2ccccc2)CC1. The van der Waals surface area contributed by atoms with Gasteiger partial charge >= 0.3 is 5.97 Å². The normalized spacial score (nSPS) is 15.6. The number of hydrogen-bond donors (Lipinski definition) is 0. The molecule has 0 aliphatic heterocycles. The van der Waals surface area contributed by atoms with Gasteiger partial charge in [0.25, 0.3) is 0 Å². The highest BCUT2D eigenvalue weighted by molar-refractivity contribution is 5.86. The van der Waals surface area contributed by atoms with Gasteiger partial charge in [-0.2, -0.15) is 0 Å². The van der Waals surface area contributed by atoms with Gasteiger partial charge in [0.2, 0.25) is 0 Å². The van der Waals surface area contributed by atoms with Gasteiger partial charge < -0.3 is 4.74 Å². The second-order valence-corrected chi connectivity index (χ2v) is 6.63. The van der Waals surface area contributed by atoms with Crippen LogP contribution in [0, 0.1) is 0 Å². The summed E-state index contributed by atoms with van der Waals surface area (Å²) >= 11 is 0. The van der Waals surface area contributed by atoms with Crippen LogP contribution >= 0.6 is 0 Å². The molecular weight excluding hydrogens is 286 g/mol. The first-order valence-electron chi connectivity index (χ1n) is 9.18. The highest BCUT2D eigenvalue weighted by Gasteiger charge is 2.52. The third-order valence-corrected chi connectivity index (χ3v) is 4.76. The summed E-state index contributed by atoms with van der Waals surface area (Å²) in [5.74, 6) is -0.0327. The molecule has 1 aliphatic carbocycles. The third kappa shape index (κ3) is 5.07. The van der Waals surface area contributed by atoms with Gasteiger partial charge in [-0.15, -0.1) is 0 Å². The van der Waals surface area contributed by atoms with Crippen LogP contribution in [0.15, 0.2) is 30.3 Å². The largest absolute Gasteiger partial charge is 0.464 e. The molecule has 128 valence electrons. The summed E-state index contributed by atoms with van der Waals surface area (Å²) < 4.78 is 5.63. The zero-order valence-electron chi connectivity index (χ0n) is 14.7. The first kappa shape index (κ1) is 18.0. The Balaban J connectivity index is 1.79. The lowest BCUT2D eigenvalue weighted by molar-refractivity contribution is -0.147. The summed E-state index contributed by atoms with van der Waals surface area (Å²) in [5, 5.41) is 0. The predicted octanol–water partition coefficient (Wildman–Crippen LogP) is 4.16. The first-order chi connectivity index (χ1) is 11.2. The van der Waals surface area contributed by atoms with E-state index < -0.39 is 0 Å². The van der Waals surface area contributed by atoms with Crippen LogP contribution in [0.1, 0.15) is 57.9 Å². The van der Waals surface area contributed by atoms with Crippen molar-refractivity contribution in [2.45, 2.75) is 57.8 Å². The fourth-order valence-electron chi connectivity index (χ4n) is 3.00. The number of benzene rings is 1. The second-order valence-electron chi connectivity index (χ2n) is 6.63. The molecule has 0 radical (unpaired) electrons. The molecule has 1 aromatic rings. The topological polar surface area (TPSA) is 29.5 Å². The highest BCUT2D eigenvalue weighted by atomic mass is 16.5. The van der Waals surface area contributed by atoms with E-state index in [2.05, 4.69) is 18.7 Å². The van der Waals surface area contributed by atoms with E-state index in [0.717, 1.165) is 38.0 Å². The summed E-state index contributed by atoms with van der Waals surface area (Å²) in [6, 6.07) is 10.1. The van der Waals surface area contributed by atoms with E-state index in [0.29, 0.717) is 6.61 Å². The van der Waals surface area contributed by atoms with Crippen LogP contribution < -0.4 is 0 Å². The van der Waals surface area contributed by atoms with Crippen LogP contribution in [0.3, 0.4) is 0 Å². The van der Waals surface area contributed by atoms with Crippen molar-refractivity contribution in [2.24, 2.45) is 0 Å². The lowest BCUT2D eigenvalue weighted by atomic mass is 9.96. The minimum Gasteiger partial charge on any atom is -0.464 e. The Hall–Kier alpha value is -1.35. The summed E-state index contributed by atoms with van der Waals surface area (Å²) in [7, 11) is 0. The third-order valence-electron chi connectivity index (χ3n) is 4.76. The monoisotopic (exact) mass is 317 g/mol. The van der Waals surface area contributed by atoms with Gasteiger partial charge in [-0.3, -0.25) is 9.69 Å². The molecule has 0 N–H and O–H groups in total. The Morgan fingerprint density at radius 2 is 1.65 bits per heavy atom. The molecule has 1 fully saturated rings. The number of esters is 1. The molecule has 0 saturated heterocycles. The number of rotatable bonds is 11. The van der Waals surface area contributed by atoms with Gasteiger partial charge in [0.05, 0.1) is 5.41 Å². The molecule has 0 bridgehead atoms. The molecule has 1 aromatic carbocycles. The zero-order chi connectivity index (χ0) is 16.5. The molecule has 3 nitrogen and oxygen atoms in total. The molecule has 0 unspecified atom stereocenters. The van der Waals surface area contributed by atoms with Crippen LogP contribution in [0.2, 0.25) is 0 Å². The molecule has 2 rings (SSSR count).